The Balaban J connectivity index is 2.08. The molecule has 19 heavy (non-hydrogen) atoms. The number of likely N-dealkylation sites (N-methyl/N-ethyl adjacent to an activating group) is 1. The molecule has 98 valence electrons. The highest BCUT2D eigenvalue weighted by Crippen LogP contribution is 2.18. The zero-order valence-electron chi connectivity index (χ0n) is 11.0. The summed E-state index contributed by atoms with van der Waals surface area (Å²) in [5.74, 6) is -0.387. The summed E-state index contributed by atoms with van der Waals surface area (Å²) in [6.07, 6.45) is 0.935. The molecule has 0 saturated carbocycles. The summed E-state index contributed by atoms with van der Waals surface area (Å²) >= 11 is 0. The molecule has 0 saturated heterocycles. The van der Waals surface area contributed by atoms with E-state index in [2.05, 4.69) is 17.0 Å². The van der Waals surface area contributed by atoms with Gasteiger partial charge in [-0.2, -0.15) is 0 Å². The first-order valence-corrected chi connectivity index (χ1v) is 6.32. The number of primary amides is 1. The third-order valence-corrected chi connectivity index (χ3v) is 3.16. The smallest absolute Gasteiger partial charge is 0.250 e. The van der Waals surface area contributed by atoms with Crippen LogP contribution < -0.4 is 10.6 Å². The number of nitrogens with two attached hydrogens (primary N) is 1. The van der Waals surface area contributed by atoms with Crippen molar-refractivity contribution in [2.24, 2.45) is 5.73 Å². The minimum Gasteiger partial charge on any atom is -0.374 e. The molecule has 0 aliphatic rings. The summed E-state index contributed by atoms with van der Waals surface area (Å²) < 4.78 is 0. The Labute approximate surface area is 113 Å². The molecule has 2 aromatic carbocycles. The van der Waals surface area contributed by atoms with Crippen molar-refractivity contribution >= 4 is 11.6 Å². The van der Waals surface area contributed by atoms with Crippen molar-refractivity contribution in [3.8, 4) is 0 Å². The molecule has 3 heteroatoms. The number of hydrogen-bond acceptors (Lipinski definition) is 2. The van der Waals surface area contributed by atoms with Crippen molar-refractivity contribution in [2.75, 3.05) is 18.5 Å². The van der Waals surface area contributed by atoms with Gasteiger partial charge in [-0.25, -0.2) is 0 Å². The van der Waals surface area contributed by atoms with Crippen LogP contribution >= 0.6 is 0 Å². The Morgan fingerprint density at radius 2 is 1.68 bits per heavy atom. The number of hydrogen-bond donors (Lipinski definition) is 1. The van der Waals surface area contributed by atoms with E-state index in [1.54, 1.807) is 6.07 Å². The fourth-order valence-corrected chi connectivity index (χ4v) is 2.08. The molecule has 2 rings (SSSR count). The molecule has 1 amide bonds. The molecule has 0 heterocycles. The fourth-order valence-electron chi connectivity index (χ4n) is 2.08. The summed E-state index contributed by atoms with van der Waals surface area (Å²) in [7, 11) is 1.98. The highest BCUT2D eigenvalue weighted by atomic mass is 16.1. The fraction of sp³-hybridized carbons (Fsp3) is 0.188. The number of carbonyl (C=O) groups excluding carboxylic acids is 1. The first-order chi connectivity index (χ1) is 9.18. The van der Waals surface area contributed by atoms with E-state index in [1.807, 2.05) is 43.4 Å². The lowest BCUT2D eigenvalue weighted by molar-refractivity contribution is 0.100. The number of carbonyl (C=O) groups is 1. The molecule has 0 atom stereocenters. The van der Waals surface area contributed by atoms with Crippen LogP contribution in [0.4, 0.5) is 5.69 Å². The predicted molar refractivity (Wildman–Crippen MR) is 78.4 cm³/mol. The van der Waals surface area contributed by atoms with Crippen LogP contribution in [-0.4, -0.2) is 19.5 Å². The van der Waals surface area contributed by atoms with Crippen LogP contribution in [0.5, 0.6) is 0 Å². The largest absolute Gasteiger partial charge is 0.374 e. The summed E-state index contributed by atoms with van der Waals surface area (Å²) in [4.78, 5) is 13.5. The quantitative estimate of drug-likeness (QED) is 0.891. The first kappa shape index (κ1) is 13.1. The number of rotatable bonds is 5. The Hall–Kier alpha value is -2.29. The van der Waals surface area contributed by atoms with Gasteiger partial charge in [0.2, 0.25) is 0 Å². The van der Waals surface area contributed by atoms with E-state index in [0.717, 1.165) is 18.7 Å². The summed E-state index contributed by atoms with van der Waals surface area (Å²) in [5, 5.41) is 0. The minimum absolute atomic E-state index is 0.387. The van der Waals surface area contributed by atoms with Crippen molar-refractivity contribution in [3.05, 3.63) is 65.7 Å². The van der Waals surface area contributed by atoms with Gasteiger partial charge in [-0.05, 0) is 24.1 Å². The number of benzene rings is 2. The lowest BCUT2D eigenvalue weighted by Crippen LogP contribution is -2.24. The highest BCUT2D eigenvalue weighted by molar-refractivity contribution is 5.98. The summed E-state index contributed by atoms with van der Waals surface area (Å²) in [6.45, 7) is 0.842. The van der Waals surface area contributed by atoms with Crippen LogP contribution in [0.1, 0.15) is 15.9 Å². The molecule has 3 nitrogen and oxygen atoms in total. The van der Waals surface area contributed by atoms with Crippen LogP contribution in [0.2, 0.25) is 0 Å². The summed E-state index contributed by atoms with van der Waals surface area (Å²) in [6, 6.07) is 17.7. The number of amides is 1. The van der Waals surface area contributed by atoms with Gasteiger partial charge in [-0.1, -0.05) is 42.5 Å². The monoisotopic (exact) mass is 254 g/mol. The van der Waals surface area contributed by atoms with Gasteiger partial charge >= 0.3 is 0 Å². The molecule has 2 N–H and O–H groups in total. The second kappa shape index (κ2) is 6.05. The van der Waals surface area contributed by atoms with E-state index < -0.39 is 0 Å². The van der Waals surface area contributed by atoms with E-state index >= 15 is 0 Å². The predicted octanol–water partition coefficient (Wildman–Crippen LogP) is 2.46. The van der Waals surface area contributed by atoms with Crippen LogP contribution in [-0.2, 0) is 6.42 Å². The number of para-hydroxylation sites is 1. The van der Waals surface area contributed by atoms with Gasteiger partial charge in [-0.15, -0.1) is 0 Å². The number of nitrogens with zero attached hydrogens (tertiary/aromatic N) is 1. The van der Waals surface area contributed by atoms with E-state index in [-0.39, 0.29) is 5.91 Å². The molecule has 0 bridgehead atoms. The molecular formula is C16H18N2O. The maximum atomic E-state index is 11.4. The van der Waals surface area contributed by atoms with Crippen molar-refractivity contribution in [1.29, 1.82) is 0 Å². The zero-order chi connectivity index (χ0) is 13.7. The van der Waals surface area contributed by atoms with E-state index in [9.17, 15) is 4.79 Å². The minimum atomic E-state index is -0.387. The molecule has 0 spiro atoms. The lowest BCUT2D eigenvalue weighted by atomic mass is 10.1. The van der Waals surface area contributed by atoms with Crippen LogP contribution in [0, 0.1) is 0 Å². The normalized spacial score (nSPS) is 10.2. The molecule has 0 aliphatic carbocycles. The Morgan fingerprint density at radius 3 is 2.37 bits per heavy atom. The standard InChI is InChI=1S/C16H18N2O/c1-18(12-11-13-7-3-2-4-8-13)15-10-6-5-9-14(15)16(17)19/h2-10H,11-12H2,1H3,(H2,17,19). The van der Waals surface area contributed by atoms with Gasteiger partial charge < -0.3 is 10.6 Å². The Bertz CT molecular complexity index is 552. The Morgan fingerprint density at radius 1 is 1.05 bits per heavy atom. The average molecular weight is 254 g/mol. The SMILES string of the molecule is CN(CCc1ccccc1)c1ccccc1C(N)=O. The van der Waals surface area contributed by atoms with E-state index in [0.29, 0.717) is 5.56 Å². The topological polar surface area (TPSA) is 46.3 Å². The van der Waals surface area contributed by atoms with Crippen molar-refractivity contribution in [2.45, 2.75) is 6.42 Å². The van der Waals surface area contributed by atoms with Gasteiger partial charge in [0, 0.05) is 19.3 Å². The van der Waals surface area contributed by atoms with Gasteiger partial charge in [-0.3, -0.25) is 4.79 Å². The molecule has 0 aliphatic heterocycles. The van der Waals surface area contributed by atoms with Gasteiger partial charge in [0.25, 0.3) is 5.91 Å². The third-order valence-electron chi connectivity index (χ3n) is 3.16. The van der Waals surface area contributed by atoms with Crippen LogP contribution in [0.3, 0.4) is 0 Å². The van der Waals surface area contributed by atoms with Gasteiger partial charge in [0.15, 0.2) is 0 Å². The van der Waals surface area contributed by atoms with E-state index in [1.165, 1.54) is 5.56 Å². The maximum absolute atomic E-state index is 11.4. The highest BCUT2D eigenvalue weighted by Gasteiger charge is 2.10. The maximum Gasteiger partial charge on any atom is 0.250 e. The van der Waals surface area contributed by atoms with Gasteiger partial charge in [0.05, 0.1) is 5.56 Å². The molecule has 2 aromatic rings. The van der Waals surface area contributed by atoms with E-state index in [4.69, 9.17) is 5.73 Å². The second-order valence-electron chi connectivity index (χ2n) is 4.54. The number of anilines is 1. The summed E-state index contributed by atoms with van der Waals surface area (Å²) in [5.41, 5.74) is 8.13. The zero-order valence-corrected chi connectivity index (χ0v) is 11.0. The molecule has 0 unspecified atom stereocenters. The third kappa shape index (κ3) is 3.35. The first-order valence-electron chi connectivity index (χ1n) is 6.32. The molecule has 0 fully saturated rings. The molecule has 0 aromatic heterocycles. The van der Waals surface area contributed by atoms with Crippen LogP contribution in [0.25, 0.3) is 0 Å². The average Bonchev–Trinajstić information content (AvgIpc) is 2.46. The lowest BCUT2D eigenvalue weighted by Gasteiger charge is -2.21. The van der Waals surface area contributed by atoms with Crippen molar-refractivity contribution < 1.29 is 4.79 Å². The second-order valence-corrected chi connectivity index (χ2v) is 4.54. The van der Waals surface area contributed by atoms with Crippen molar-refractivity contribution in [3.63, 3.8) is 0 Å². The van der Waals surface area contributed by atoms with Crippen molar-refractivity contribution in [1.82, 2.24) is 0 Å². The molecular weight excluding hydrogens is 236 g/mol. The Kier molecular flexibility index (Phi) is 4.18. The van der Waals surface area contributed by atoms with Crippen LogP contribution in [0.15, 0.2) is 54.6 Å². The van der Waals surface area contributed by atoms with Gasteiger partial charge in [0.1, 0.15) is 0 Å². The molecule has 0 radical (unpaired) electrons.